The van der Waals surface area contributed by atoms with Gasteiger partial charge in [-0.1, -0.05) is 0 Å². The minimum Gasteiger partial charge on any atom is -0.276 e. The largest absolute Gasteiger partial charge is 0.417 e. The lowest BCUT2D eigenvalue weighted by atomic mass is 10.1. The van der Waals surface area contributed by atoms with E-state index in [4.69, 9.17) is 15.8 Å². The molecule has 0 saturated heterocycles. The average molecular weight is 343 g/mol. The molecule has 0 unspecified atom stereocenters. The molecule has 0 aliphatic rings. The number of carbonyl (C=O) groups excluding carboxylic acids is 1. The third kappa shape index (κ3) is 5.99. The summed E-state index contributed by atoms with van der Waals surface area (Å²) in [6.45, 7) is 1.30. The molecule has 1 heterocycles. The highest BCUT2D eigenvalue weighted by Gasteiger charge is 2.35. The lowest BCUT2D eigenvalue weighted by Gasteiger charge is -2.10. The molecule has 0 spiro atoms. The van der Waals surface area contributed by atoms with E-state index < -0.39 is 31.8 Å². The van der Waals surface area contributed by atoms with Crippen LogP contribution in [0.1, 0.15) is 21.6 Å². The number of hydrogen-bond donors (Lipinski definition) is 0. The van der Waals surface area contributed by atoms with E-state index in [1.54, 1.807) is 0 Å². The fraction of sp³-hybridized carbons (Fsp3) is 0.250. The number of hydrogen-bond acceptors (Lipinski definition) is 3. The molecule has 0 bridgehead atoms. The highest BCUT2D eigenvalue weighted by atomic mass is 36.0. The number of alkyl halides is 3. The Labute approximate surface area is 117 Å². The molecule has 1 aromatic heterocycles. The Morgan fingerprint density at radius 1 is 1.39 bits per heavy atom. The molecule has 0 radical (unpaired) electrons. The zero-order valence-corrected chi connectivity index (χ0v) is 11.7. The molecule has 0 aromatic carbocycles. The summed E-state index contributed by atoms with van der Waals surface area (Å²) < 4.78 is 46.1. The molecule has 3 nitrogen and oxygen atoms in total. The second kappa shape index (κ2) is 7.28. The summed E-state index contributed by atoms with van der Waals surface area (Å²) in [5.41, 5.74) is -1.66. The van der Waals surface area contributed by atoms with Crippen molar-refractivity contribution < 1.29 is 22.2 Å². The van der Waals surface area contributed by atoms with Crippen LogP contribution >= 0.6 is 33.0 Å². The van der Waals surface area contributed by atoms with Crippen LogP contribution in [-0.4, -0.2) is 14.4 Å². The van der Waals surface area contributed by atoms with Gasteiger partial charge in [-0.25, -0.2) is 4.21 Å². The van der Waals surface area contributed by atoms with E-state index in [1.165, 1.54) is 6.92 Å². The average Bonchev–Trinajstić information content (AvgIpc) is 2.14. The van der Waals surface area contributed by atoms with E-state index in [9.17, 15) is 18.0 Å². The van der Waals surface area contributed by atoms with Crippen molar-refractivity contribution in [3.8, 4) is 0 Å². The van der Waals surface area contributed by atoms with Crippen LogP contribution in [0, 0.1) is 6.92 Å². The van der Waals surface area contributed by atoms with Gasteiger partial charge in [0, 0.05) is 33.3 Å². The molecule has 10 heteroatoms. The Balaban J connectivity index is 0.000000631. The number of carbonyl (C=O) groups is 1. The van der Waals surface area contributed by atoms with Crippen LogP contribution < -0.4 is 0 Å². The number of aryl methyl sites for hydroxylation is 1. The molecular weight excluding hydrogens is 338 g/mol. The first-order chi connectivity index (χ1) is 8.07. The molecule has 0 saturated carbocycles. The molecule has 0 atom stereocenters. The van der Waals surface area contributed by atoms with Crippen LogP contribution in [-0.2, 0) is 15.4 Å². The third-order valence-corrected chi connectivity index (χ3v) is 1.83. The fourth-order valence-corrected chi connectivity index (χ4v) is 1.29. The zero-order chi connectivity index (χ0) is 14.5. The summed E-state index contributed by atoms with van der Waals surface area (Å²) in [4.78, 5) is 14.3. The summed E-state index contributed by atoms with van der Waals surface area (Å²) in [5.74, 6) is 0. The monoisotopic (exact) mass is 341 g/mol. The van der Waals surface area contributed by atoms with Crippen molar-refractivity contribution in [2.45, 2.75) is 13.1 Å². The standard InChI is InChI=1S/C8H5ClF3NO.Cl2OS/c1-4-6(7(9)14)5(2-3-13-4)8(10,11)12;1-4(2)3/h2-3H,1H3;. The SMILES string of the molecule is Cc1nccc(C(F)(F)F)c1C(=O)Cl.O=S(Cl)Cl. The highest BCUT2D eigenvalue weighted by molar-refractivity contribution is 8.26. The van der Waals surface area contributed by atoms with E-state index in [0.29, 0.717) is 0 Å². The van der Waals surface area contributed by atoms with Crippen molar-refractivity contribution in [2.24, 2.45) is 0 Å². The first kappa shape index (κ1) is 17.6. The summed E-state index contributed by atoms with van der Waals surface area (Å²) in [7, 11) is 7.36. The van der Waals surface area contributed by atoms with Gasteiger partial charge in [0.2, 0.25) is 9.23 Å². The fourth-order valence-electron chi connectivity index (χ4n) is 1.05. The van der Waals surface area contributed by atoms with Crippen LogP contribution in [0.2, 0.25) is 0 Å². The quantitative estimate of drug-likeness (QED) is 0.729. The molecule has 0 aliphatic heterocycles. The number of pyridine rings is 1. The van der Waals surface area contributed by atoms with Crippen molar-refractivity contribution >= 4 is 47.4 Å². The first-order valence-electron chi connectivity index (χ1n) is 4.04. The second-order valence-electron chi connectivity index (χ2n) is 2.77. The van der Waals surface area contributed by atoms with Crippen molar-refractivity contribution in [3.63, 3.8) is 0 Å². The lowest BCUT2D eigenvalue weighted by molar-refractivity contribution is -0.138. The molecule has 1 rings (SSSR count). The van der Waals surface area contributed by atoms with Crippen LogP contribution in [0.3, 0.4) is 0 Å². The molecule has 102 valence electrons. The van der Waals surface area contributed by atoms with Gasteiger partial charge in [0.05, 0.1) is 11.1 Å². The Hall–Kier alpha value is -0.370. The normalized spacial score (nSPS) is 10.9. The molecule has 0 aliphatic carbocycles. The van der Waals surface area contributed by atoms with Crippen molar-refractivity contribution in [1.29, 1.82) is 0 Å². The Morgan fingerprint density at radius 3 is 2.11 bits per heavy atom. The Bertz CT molecular complexity index is 463. The van der Waals surface area contributed by atoms with Crippen LogP contribution in [0.5, 0.6) is 0 Å². The molecule has 1 aromatic rings. The topological polar surface area (TPSA) is 47.0 Å². The molecule has 0 fully saturated rings. The van der Waals surface area contributed by atoms with Gasteiger partial charge >= 0.3 is 6.18 Å². The van der Waals surface area contributed by atoms with Crippen molar-refractivity contribution in [1.82, 2.24) is 4.98 Å². The van der Waals surface area contributed by atoms with Crippen LogP contribution in [0.4, 0.5) is 13.2 Å². The van der Waals surface area contributed by atoms with E-state index in [0.717, 1.165) is 12.3 Å². The van der Waals surface area contributed by atoms with Gasteiger partial charge in [-0.15, -0.1) is 0 Å². The predicted octanol–water partition coefficient (Wildman–Crippen LogP) is 3.83. The second-order valence-corrected chi connectivity index (χ2v) is 5.64. The van der Waals surface area contributed by atoms with Gasteiger partial charge in [0.1, 0.15) is 0 Å². The Morgan fingerprint density at radius 2 is 1.83 bits per heavy atom. The maximum atomic E-state index is 12.4. The minimum atomic E-state index is -4.59. The molecular formula is C8H5Cl3F3NO2S. The molecule has 0 N–H and O–H groups in total. The van der Waals surface area contributed by atoms with Gasteiger partial charge in [-0.05, 0) is 24.6 Å². The number of rotatable bonds is 1. The predicted molar refractivity (Wildman–Crippen MR) is 64.0 cm³/mol. The summed E-state index contributed by atoms with van der Waals surface area (Å²) in [5, 5.41) is -1.15. The maximum Gasteiger partial charge on any atom is 0.417 e. The van der Waals surface area contributed by atoms with Gasteiger partial charge in [0.15, 0.2) is 0 Å². The van der Waals surface area contributed by atoms with E-state index in [1.807, 2.05) is 0 Å². The number of nitrogens with zero attached hydrogens (tertiary/aromatic N) is 1. The third-order valence-electron chi connectivity index (χ3n) is 1.64. The smallest absolute Gasteiger partial charge is 0.276 e. The van der Waals surface area contributed by atoms with E-state index in [-0.39, 0.29) is 5.69 Å². The van der Waals surface area contributed by atoms with Crippen molar-refractivity contribution in [2.75, 3.05) is 0 Å². The van der Waals surface area contributed by atoms with E-state index >= 15 is 0 Å². The van der Waals surface area contributed by atoms with Gasteiger partial charge in [-0.2, -0.15) is 13.2 Å². The summed E-state index contributed by atoms with van der Waals surface area (Å²) in [6.07, 6.45) is -3.60. The molecule has 18 heavy (non-hydrogen) atoms. The van der Waals surface area contributed by atoms with Crippen molar-refractivity contribution in [3.05, 3.63) is 29.1 Å². The van der Waals surface area contributed by atoms with Gasteiger partial charge in [0.25, 0.3) is 5.24 Å². The number of aromatic nitrogens is 1. The minimum absolute atomic E-state index is 0.0279. The Kier molecular flexibility index (Phi) is 7.13. The zero-order valence-electron chi connectivity index (χ0n) is 8.59. The lowest BCUT2D eigenvalue weighted by Crippen LogP contribution is -2.13. The first-order valence-corrected chi connectivity index (χ1v) is 7.22. The maximum absolute atomic E-state index is 12.4. The number of halogens is 6. The summed E-state index contributed by atoms with van der Waals surface area (Å²) >= 11 is 5.04. The highest BCUT2D eigenvalue weighted by Crippen LogP contribution is 2.33. The van der Waals surface area contributed by atoms with E-state index in [2.05, 4.69) is 26.3 Å². The van der Waals surface area contributed by atoms with Crippen LogP contribution in [0.25, 0.3) is 0 Å². The summed E-state index contributed by atoms with van der Waals surface area (Å²) in [6, 6.07) is 0.725. The molecule has 0 amide bonds. The van der Waals surface area contributed by atoms with Gasteiger partial charge < -0.3 is 0 Å². The van der Waals surface area contributed by atoms with Gasteiger partial charge in [-0.3, -0.25) is 9.78 Å². The van der Waals surface area contributed by atoms with Crippen LogP contribution in [0.15, 0.2) is 12.3 Å².